The Morgan fingerprint density at radius 3 is 2.42 bits per heavy atom. The van der Waals surface area contributed by atoms with Crippen molar-refractivity contribution in [1.82, 2.24) is 10.2 Å². The maximum atomic E-state index is 14.8. The van der Waals surface area contributed by atoms with Crippen molar-refractivity contribution in [3.8, 4) is 0 Å². The van der Waals surface area contributed by atoms with E-state index in [1.54, 1.807) is 40.7 Å². The lowest BCUT2D eigenvalue weighted by atomic mass is 9.69. The Hall–Kier alpha value is -2.42. The van der Waals surface area contributed by atoms with Gasteiger partial charge in [-0.3, -0.25) is 14.5 Å². The number of halogens is 1. The van der Waals surface area contributed by atoms with Crippen LogP contribution >= 0.6 is 0 Å². The molecule has 2 aliphatic rings. The number of methoxy groups -OCH3 is 1. The third kappa shape index (κ3) is 4.76. The fourth-order valence-electron chi connectivity index (χ4n) is 4.20. The van der Waals surface area contributed by atoms with Crippen LogP contribution in [-0.2, 0) is 19.1 Å². The summed E-state index contributed by atoms with van der Waals surface area (Å²) in [5.74, 6) is -1.01. The number of rotatable bonds is 6. The molecule has 4 atom stereocenters. The molecule has 1 saturated carbocycles. The van der Waals surface area contributed by atoms with Crippen molar-refractivity contribution < 1.29 is 28.2 Å². The van der Waals surface area contributed by atoms with Crippen LogP contribution in [-0.4, -0.2) is 55.0 Å². The summed E-state index contributed by atoms with van der Waals surface area (Å²) in [6.45, 7) is 11.6. The number of hydrogen-bond acceptors (Lipinski definition) is 6. The van der Waals surface area contributed by atoms with Gasteiger partial charge in [0.05, 0.1) is 35.6 Å². The molecule has 1 fully saturated rings. The molecule has 2 amide bonds. The predicted octanol–water partition coefficient (Wildman–Crippen LogP) is 2.64. The van der Waals surface area contributed by atoms with Gasteiger partial charge >= 0.3 is 18.0 Å². The third-order valence-corrected chi connectivity index (χ3v) is 6.01. The van der Waals surface area contributed by atoms with E-state index < -0.39 is 59.2 Å². The standard InChI is InChI=1S/C22H34FN3O5/c1-13-14(26-9-8-16(24)25-19(26)29)10-15(31-17(27)20(2,3)4)22(13,12-23)11-21(5,6)18(28)30-7/h8-9,14-16H,1,10-12,24H2,2-7H3,(H,25,29)/t14-,15-,16?,22-/m0/s1. The van der Waals surface area contributed by atoms with Crippen molar-refractivity contribution in [2.75, 3.05) is 13.8 Å². The van der Waals surface area contributed by atoms with Gasteiger partial charge in [0.15, 0.2) is 0 Å². The molecule has 2 rings (SSSR count). The number of ether oxygens (including phenoxy) is 2. The highest BCUT2D eigenvalue weighted by atomic mass is 19.1. The minimum atomic E-state index is -1.36. The molecule has 0 aromatic heterocycles. The molecule has 0 radical (unpaired) electrons. The van der Waals surface area contributed by atoms with Crippen molar-refractivity contribution >= 4 is 18.0 Å². The van der Waals surface area contributed by atoms with Crippen molar-refractivity contribution in [2.24, 2.45) is 22.0 Å². The van der Waals surface area contributed by atoms with Crippen LogP contribution in [0, 0.1) is 16.2 Å². The average Bonchev–Trinajstić information content (AvgIpc) is 2.92. The summed E-state index contributed by atoms with van der Waals surface area (Å²) in [4.78, 5) is 39.0. The van der Waals surface area contributed by atoms with Gasteiger partial charge in [-0.1, -0.05) is 6.58 Å². The highest BCUT2D eigenvalue weighted by Gasteiger charge is 2.58. The number of carbonyl (C=O) groups excluding carboxylic acids is 3. The number of hydrogen-bond donors (Lipinski definition) is 2. The lowest BCUT2D eigenvalue weighted by Gasteiger charge is -2.40. The van der Waals surface area contributed by atoms with Crippen LogP contribution in [0.4, 0.5) is 9.18 Å². The lowest BCUT2D eigenvalue weighted by molar-refractivity contribution is -0.166. The van der Waals surface area contributed by atoms with Gasteiger partial charge in [0.1, 0.15) is 12.8 Å². The van der Waals surface area contributed by atoms with Gasteiger partial charge in [0.2, 0.25) is 0 Å². The molecule has 0 aromatic rings. The molecule has 1 aliphatic carbocycles. The summed E-state index contributed by atoms with van der Waals surface area (Å²) in [6, 6.07) is -1.09. The van der Waals surface area contributed by atoms with E-state index in [0.717, 1.165) is 0 Å². The summed E-state index contributed by atoms with van der Waals surface area (Å²) in [7, 11) is 1.27. The number of carbonyl (C=O) groups is 3. The first-order chi connectivity index (χ1) is 14.2. The zero-order valence-corrected chi connectivity index (χ0v) is 19.2. The Labute approximate surface area is 183 Å². The lowest BCUT2D eigenvalue weighted by Crippen LogP contribution is -2.52. The second kappa shape index (κ2) is 8.61. The number of nitrogens with one attached hydrogen (secondary N) is 1. The van der Waals surface area contributed by atoms with Crippen LogP contribution in [0.15, 0.2) is 24.4 Å². The highest BCUT2D eigenvalue weighted by molar-refractivity contribution is 5.79. The number of urea groups is 1. The molecule has 174 valence electrons. The second-order valence-electron chi connectivity index (χ2n) is 9.99. The van der Waals surface area contributed by atoms with E-state index in [0.29, 0.717) is 5.57 Å². The quantitative estimate of drug-likeness (QED) is 0.486. The van der Waals surface area contributed by atoms with Gasteiger partial charge < -0.3 is 20.5 Å². The molecule has 8 nitrogen and oxygen atoms in total. The van der Waals surface area contributed by atoms with Gasteiger partial charge in [-0.05, 0) is 52.7 Å². The van der Waals surface area contributed by atoms with Gasteiger partial charge in [0, 0.05) is 12.6 Å². The molecule has 31 heavy (non-hydrogen) atoms. The minimum Gasteiger partial charge on any atom is -0.469 e. The van der Waals surface area contributed by atoms with Crippen LogP contribution < -0.4 is 11.1 Å². The second-order valence-corrected chi connectivity index (χ2v) is 9.99. The van der Waals surface area contributed by atoms with E-state index in [4.69, 9.17) is 15.2 Å². The third-order valence-electron chi connectivity index (χ3n) is 6.01. The molecule has 0 aromatic carbocycles. The molecule has 0 spiro atoms. The Morgan fingerprint density at radius 2 is 1.94 bits per heavy atom. The van der Waals surface area contributed by atoms with Crippen molar-refractivity contribution in [3.05, 3.63) is 24.4 Å². The summed E-state index contributed by atoms with van der Waals surface area (Å²) in [5.41, 5.74) is 2.86. The van der Waals surface area contributed by atoms with E-state index in [1.807, 2.05) is 0 Å². The van der Waals surface area contributed by atoms with Crippen LogP contribution in [0.25, 0.3) is 0 Å². The molecular weight excluding hydrogens is 405 g/mol. The van der Waals surface area contributed by atoms with Gasteiger partial charge in [-0.25, -0.2) is 9.18 Å². The summed E-state index contributed by atoms with van der Waals surface area (Å²) < 4.78 is 25.5. The Morgan fingerprint density at radius 1 is 1.32 bits per heavy atom. The molecular formula is C22H34FN3O5. The first kappa shape index (κ1) is 24.8. The SMILES string of the molecule is C=C1[C@@H](N2C=CC(N)NC2=O)C[C@H](OC(=O)C(C)(C)C)[C@]1(CF)CC(C)(C)C(=O)OC. The van der Waals surface area contributed by atoms with Crippen molar-refractivity contribution in [1.29, 1.82) is 0 Å². The largest absolute Gasteiger partial charge is 0.469 e. The minimum absolute atomic E-state index is 0.000711. The summed E-state index contributed by atoms with van der Waals surface area (Å²) in [6.07, 6.45) is 1.73. The summed E-state index contributed by atoms with van der Waals surface area (Å²) >= 11 is 0. The Bertz CT molecular complexity index is 789. The van der Waals surface area contributed by atoms with E-state index in [2.05, 4.69) is 11.9 Å². The molecule has 1 unspecified atom stereocenters. The van der Waals surface area contributed by atoms with E-state index in [9.17, 15) is 18.8 Å². The number of nitrogens with two attached hydrogens (primary N) is 1. The average molecular weight is 440 g/mol. The van der Waals surface area contributed by atoms with Gasteiger partial charge in [0.25, 0.3) is 0 Å². The molecule has 0 bridgehead atoms. The fraction of sp³-hybridized carbons (Fsp3) is 0.682. The predicted molar refractivity (Wildman–Crippen MR) is 113 cm³/mol. The first-order valence-electron chi connectivity index (χ1n) is 10.3. The number of alkyl halides is 1. The molecule has 9 heteroatoms. The Kier molecular flexibility index (Phi) is 6.90. The Balaban J connectivity index is 2.49. The van der Waals surface area contributed by atoms with E-state index in [-0.39, 0.29) is 12.8 Å². The number of nitrogens with zero attached hydrogens (tertiary/aromatic N) is 1. The maximum Gasteiger partial charge on any atom is 0.323 e. The molecule has 1 aliphatic heterocycles. The van der Waals surface area contributed by atoms with Crippen molar-refractivity contribution in [3.63, 3.8) is 0 Å². The first-order valence-corrected chi connectivity index (χ1v) is 10.3. The highest BCUT2D eigenvalue weighted by Crippen LogP contribution is 2.53. The monoisotopic (exact) mass is 439 g/mol. The topological polar surface area (TPSA) is 111 Å². The fourth-order valence-corrected chi connectivity index (χ4v) is 4.20. The molecule has 3 N–H and O–H groups in total. The zero-order chi connectivity index (χ0) is 23.8. The number of esters is 2. The van der Waals surface area contributed by atoms with Gasteiger partial charge in [-0.15, -0.1) is 0 Å². The normalized spacial score (nSPS) is 29.0. The summed E-state index contributed by atoms with van der Waals surface area (Å²) in [5, 5.41) is 2.59. The molecule has 1 heterocycles. The van der Waals surface area contributed by atoms with Crippen LogP contribution in [0.3, 0.4) is 0 Å². The molecule has 0 saturated heterocycles. The number of amides is 2. The van der Waals surface area contributed by atoms with Gasteiger partial charge in [-0.2, -0.15) is 0 Å². The smallest absolute Gasteiger partial charge is 0.323 e. The van der Waals surface area contributed by atoms with Crippen molar-refractivity contribution in [2.45, 2.75) is 65.8 Å². The zero-order valence-electron chi connectivity index (χ0n) is 19.2. The maximum absolute atomic E-state index is 14.8. The van der Waals surface area contributed by atoms with E-state index >= 15 is 0 Å². The van der Waals surface area contributed by atoms with Crippen LogP contribution in [0.2, 0.25) is 0 Å². The van der Waals surface area contributed by atoms with E-state index in [1.165, 1.54) is 18.2 Å². The van der Waals surface area contributed by atoms with Crippen LogP contribution in [0.1, 0.15) is 47.5 Å². The van der Waals surface area contributed by atoms with Crippen LogP contribution in [0.5, 0.6) is 0 Å².